The van der Waals surface area contributed by atoms with Crippen LogP contribution in [0.1, 0.15) is 209 Å². The molecule has 2 aromatic heterocycles. The molecule has 0 radical (unpaired) electrons. The minimum Gasteiger partial charge on any atom is -0.496 e. The smallest absolute Gasteiger partial charge is 0.325 e. The third kappa shape index (κ3) is 15.7. The van der Waals surface area contributed by atoms with Gasteiger partial charge in [-0.2, -0.15) is 0 Å². The standard InChI is InChI=1S/C34H48N2O4.C33H46N2O4/c1-23-11-13-28(32-10-6-8-18-40-32)30(19-23)34(25(3)37)36-16-15-27(22-36)39-17-7-5-9-26-21-33(38-4)29-14-12-24(2)20-31(29)35-26;1-23-10-13-27(30-9-5-7-19-39-30)28(20-23)31(32(36)37)35-17-15-26(22-35)38-18-6-4-8-25-12-11-24-14-16-33(2,3)21-29(24)34-25/h11,13,19,21,24,27,32,34H,5-10,12,14-18,20,22H2,1-4H3;10-13,20,26,30-31H,4-9,14-19,21-22H2,1-3H3,(H,36,37)/t24?,27-,32+,34?;26-,30+,31?/m11/s1. The van der Waals surface area contributed by atoms with Crippen LogP contribution < -0.4 is 4.74 Å². The number of Topliss-reactive ketones (excluding diaryl/α,β-unsaturated/α-hetero) is 1. The highest BCUT2D eigenvalue weighted by atomic mass is 16.5. The summed E-state index contributed by atoms with van der Waals surface area (Å²) in [5, 5.41) is 10.3. The minimum atomic E-state index is -0.792. The quantitative estimate of drug-likeness (QED) is 0.0797. The molecule has 3 unspecified atom stereocenters. The molecule has 0 bridgehead atoms. The van der Waals surface area contributed by atoms with Crippen molar-refractivity contribution >= 4 is 11.8 Å². The van der Waals surface area contributed by atoms with E-state index in [2.05, 4.69) is 92.1 Å². The largest absolute Gasteiger partial charge is 0.496 e. The highest BCUT2D eigenvalue weighted by molar-refractivity contribution is 5.83. The van der Waals surface area contributed by atoms with E-state index >= 15 is 0 Å². The lowest BCUT2D eigenvalue weighted by Crippen LogP contribution is -2.34. The number of pyridine rings is 2. The van der Waals surface area contributed by atoms with Crippen LogP contribution in [0, 0.1) is 25.2 Å². The van der Waals surface area contributed by atoms with Crippen LogP contribution in [0.2, 0.25) is 0 Å². The van der Waals surface area contributed by atoms with E-state index in [-0.39, 0.29) is 36.2 Å². The van der Waals surface area contributed by atoms with Crippen molar-refractivity contribution < 1.29 is 38.4 Å². The summed E-state index contributed by atoms with van der Waals surface area (Å²) < 4.78 is 30.5. The molecule has 0 spiro atoms. The molecule has 4 aliphatic heterocycles. The molecule has 4 fully saturated rings. The molecule has 12 nitrogen and oxygen atoms in total. The normalized spacial score (nSPS) is 24.0. The fourth-order valence-electron chi connectivity index (χ4n) is 13.5. The van der Waals surface area contributed by atoms with Gasteiger partial charge in [-0.1, -0.05) is 74.4 Å². The number of ketones is 1. The second-order valence-corrected chi connectivity index (χ2v) is 25.0. The van der Waals surface area contributed by atoms with Crippen LogP contribution in [0.15, 0.2) is 54.6 Å². The predicted molar refractivity (Wildman–Crippen MR) is 311 cm³/mol. The molecule has 7 atom stereocenters. The van der Waals surface area contributed by atoms with E-state index in [1.807, 2.05) is 6.92 Å². The van der Waals surface area contributed by atoms with Gasteiger partial charge >= 0.3 is 5.97 Å². The van der Waals surface area contributed by atoms with Gasteiger partial charge in [-0.25, -0.2) is 0 Å². The van der Waals surface area contributed by atoms with Gasteiger partial charge in [-0.3, -0.25) is 29.4 Å². The number of aryl methyl sites for hydroxylation is 5. The summed E-state index contributed by atoms with van der Waals surface area (Å²) >= 11 is 0. The fraction of sp³-hybridized carbons (Fsp3) is 0.642. The SMILES string of the molecule is COc1cc(CCCCO[C@@H]2CCN(C(C(C)=O)c3cc(C)ccc3[C@@H]3CCCCO3)C2)nc2c1CCC(C)C2.Cc1ccc([C@@H]2CCCCO2)c(C(C(=O)O)N2CC[C@@H](OCCCCc3ccc4c(n3)CC(C)(C)CC4)C2)c1. The lowest BCUT2D eigenvalue weighted by Gasteiger charge is -2.31. The number of carboxylic acid groups (broad SMARTS) is 1. The van der Waals surface area contributed by atoms with Crippen molar-refractivity contribution in [3.05, 3.63) is 122 Å². The van der Waals surface area contributed by atoms with E-state index in [4.69, 9.17) is 33.7 Å². The number of hydrogen-bond acceptors (Lipinski definition) is 11. The number of nitrogens with zero attached hydrogens (tertiary/aromatic N) is 4. The van der Waals surface area contributed by atoms with Crippen molar-refractivity contribution in [2.75, 3.05) is 59.7 Å². The number of aliphatic carboxylic acids is 1. The van der Waals surface area contributed by atoms with Gasteiger partial charge in [0.1, 0.15) is 11.8 Å². The van der Waals surface area contributed by atoms with Crippen LogP contribution in [0.3, 0.4) is 0 Å². The molecule has 0 saturated carbocycles. The van der Waals surface area contributed by atoms with Crippen LogP contribution in [-0.2, 0) is 67.1 Å². The molecule has 12 heteroatoms. The summed E-state index contributed by atoms with van der Waals surface area (Å²) in [7, 11) is 1.77. The van der Waals surface area contributed by atoms with Gasteiger partial charge in [-0.15, -0.1) is 0 Å². The summed E-state index contributed by atoms with van der Waals surface area (Å²) in [6.45, 7) is 18.9. The number of carbonyl (C=O) groups excluding carboxylic acids is 1. The number of ether oxygens (including phenoxy) is 5. The Bertz CT molecular complexity index is 2660. The number of carbonyl (C=O) groups is 2. The molecule has 0 amide bonds. The maximum absolute atomic E-state index is 13.0. The Labute approximate surface area is 473 Å². The van der Waals surface area contributed by atoms with E-state index in [1.54, 1.807) is 14.0 Å². The van der Waals surface area contributed by atoms with E-state index in [1.165, 1.54) is 58.6 Å². The third-order valence-corrected chi connectivity index (χ3v) is 17.9. The van der Waals surface area contributed by atoms with Gasteiger partial charge in [0.2, 0.25) is 0 Å². The number of benzene rings is 2. The molecule has 4 saturated heterocycles. The maximum atomic E-state index is 13.0. The van der Waals surface area contributed by atoms with Crippen molar-refractivity contribution in [2.24, 2.45) is 11.3 Å². The van der Waals surface area contributed by atoms with Gasteiger partial charge in [0, 0.05) is 87.0 Å². The number of rotatable bonds is 21. The molecular weight excluding hydrogens is 989 g/mol. The van der Waals surface area contributed by atoms with E-state index in [0.717, 1.165) is 182 Å². The zero-order valence-corrected chi connectivity index (χ0v) is 49.1. The van der Waals surface area contributed by atoms with Gasteiger partial charge in [0.05, 0.1) is 37.6 Å². The van der Waals surface area contributed by atoms with Crippen LogP contribution in [-0.4, -0.2) is 109 Å². The first-order chi connectivity index (χ1) is 38.2. The van der Waals surface area contributed by atoms with Crippen molar-refractivity contribution in [3.63, 3.8) is 0 Å². The average molecular weight is 1080 g/mol. The lowest BCUT2D eigenvalue weighted by atomic mass is 9.76. The van der Waals surface area contributed by atoms with Crippen molar-refractivity contribution in [1.29, 1.82) is 0 Å². The Hall–Kier alpha value is -4.56. The van der Waals surface area contributed by atoms with E-state index < -0.39 is 12.0 Å². The maximum Gasteiger partial charge on any atom is 0.325 e. The van der Waals surface area contributed by atoms with Crippen LogP contribution in [0.25, 0.3) is 0 Å². The summed E-state index contributed by atoms with van der Waals surface area (Å²) in [5.41, 5.74) is 14.5. The van der Waals surface area contributed by atoms with Gasteiger partial charge in [0.25, 0.3) is 0 Å². The van der Waals surface area contributed by atoms with Crippen molar-refractivity contribution in [1.82, 2.24) is 19.8 Å². The molecule has 2 aliphatic carbocycles. The molecule has 1 N–H and O–H groups in total. The number of aromatic nitrogens is 2. The molecular formula is C67H94N4O8. The predicted octanol–water partition coefficient (Wildman–Crippen LogP) is 12.9. The number of likely N-dealkylation sites (tertiary alicyclic amines) is 2. The number of fused-ring (bicyclic) bond motifs is 2. The first-order valence-corrected chi connectivity index (χ1v) is 30.6. The molecule has 79 heavy (non-hydrogen) atoms. The molecule has 430 valence electrons. The highest BCUT2D eigenvalue weighted by Crippen LogP contribution is 2.40. The summed E-state index contributed by atoms with van der Waals surface area (Å²) in [6.07, 6.45) is 21.5. The minimum absolute atomic E-state index is 0.0121. The molecule has 10 rings (SSSR count). The van der Waals surface area contributed by atoms with Crippen LogP contribution in [0.4, 0.5) is 0 Å². The number of carboxylic acids is 1. The Morgan fingerprint density at radius 3 is 1.86 bits per heavy atom. The molecule has 6 aliphatic rings. The lowest BCUT2D eigenvalue weighted by molar-refractivity contribution is -0.143. The number of methoxy groups -OCH3 is 1. The number of hydrogen-bond donors (Lipinski definition) is 1. The van der Waals surface area contributed by atoms with E-state index in [9.17, 15) is 14.7 Å². The Balaban J connectivity index is 0.000000192. The first-order valence-electron chi connectivity index (χ1n) is 30.6. The molecule has 6 heterocycles. The molecule has 2 aromatic carbocycles. The van der Waals surface area contributed by atoms with Gasteiger partial charge in [0.15, 0.2) is 5.78 Å². The summed E-state index contributed by atoms with van der Waals surface area (Å²) in [6, 6.07) is 18.5. The van der Waals surface area contributed by atoms with Crippen molar-refractivity contribution in [3.8, 4) is 5.75 Å². The Kier molecular flexibility index (Phi) is 20.9. The summed E-state index contributed by atoms with van der Waals surface area (Å²) in [5.74, 6) is 1.12. The monoisotopic (exact) mass is 1080 g/mol. The average Bonchev–Trinajstić information content (AvgIpc) is 4.20. The van der Waals surface area contributed by atoms with Gasteiger partial charge < -0.3 is 28.8 Å². The zero-order valence-electron chi connectivity index (χ0n) is 49.1. The Morgan fingerprint density at radius 1 is 0.709 bits per heavy atom. The van der Waals surface area contributed by atoms with Crippen LogP contribution in [0.5, 0.6) is 5.75 Å². The second kappa shape index (κ2) is 27.9. The zero-order chi connectivity index (χ0) is 55.5. The topological polar surface area (TPSA) is 133 Å². The van der Waals surface area contributed by atoms with E-state index in [0.29, 0.717) is 24.5 Å². The van der Waals surface area contributed by atoms with Crippen molar-refractivity contribution in [2.45, 2.75) is 206 Å². The molecule has 4 aromatic rings. The second-order valence-electron chi connectivity index (χ2n) is 25.0. The first kappa shape index (κ1) is 59.1. The fourth-order valence-corrected chi connectivity index (χ4v) is 13.5. The Morgan fingerprint density at radius 2 is 1.29 bits per heavy atom. The number of unbranched alkanes of at least 4 members (excludes halogenated alkanes) is 2. The highest BCUT2D eigenvalue weighted by Gasteiger charge is 2.38. The van der Waals surface area contributed by atoms with Crippen LogP contribution >= 0.6 is 0 Å². The van der Waals surface area contributed by atoms with Gasteiger partial charge in [-0.05, 0) is 194 Å². The third-order valence-electron chi connectivity index (χ3n) is 17.9. The summed E-state index contributed by atoms with van der Waals surface area (Å²) in [4.78, 5) is 40.0.